The molecule has 1 aromatic carbocycles. The number of nitrogens with one attached hydrogen (secondary N) is 1. The van der Waals surface area contributed by atoms with Gasteiger partial charge in [-0.2, -0.15) is 0 Å². The Kier molecular flexibility index (Phi) is 3.99. The second-order valence-electron chi connectivity index (χ2n) is 6.05. The van der Waals surface area contributed by atoms with Crippen molar-refractivity contribution in [2.45, 2.75) is 26.4 Å². The zero-order valence-corrected chi connectivity index (χ0v) is 12.3. The monoisotopic (exact) mass is 269 g/mol. The maximum atomic E-state index is 4.21. The highest BCUT2D eigenvalue weighted by Gasteiger charge is 2.21. The highest BCUT2D eigenvalue weighted by molar-refractivity contribution is 5.84. The summed E-state index contributed by atoms with van der Waals surface area (Å²) < 4.78 is 0. The molecule has 0 amide bonds. The number of benzene rings is 1. The molecule has 20 heavy (non-hydrogen) atoms. The van der Waals surface area contributed by atoms with E-state index in [2.05, 4.69) is 53.3 Å². The summed E-state index contributed by atoms with van der Waals surface area (Å²) in [6.07, 6.45) is 3.84. The van der Waals surface area contributed by atoms with Crippen LogP contribution in [0.25, 0.3) is 10.8 Å². The van der Waals surface area contributed by atoms with Crippen molar-refractivity contribution in [1.82, 2.24) is 15.2 Å². The minimum atomic E-state index is 0.611. The summed E-state index contributed by atoms with van der Waals surface area (Å²) in [4.78, 5) is 6.78. The predicted molar refractivity (Wildman–Crippen MR) is 83.6 cm³/mol. The van der Waals surface area contributed by atoms with Gasteiger partial charge in [0.1, 0.15) is 0 Å². The summed E-state index contributed by atoms with van der Waals surface area (Å²) >= 11 is 0. The summed E-state index contributed by atoms with van der Waals surface area (Å²) in [5.41, 5.74) is 1.41. The van der Waals surface area contributed by atoms with E-state index in [4.69, 9.17) is 0 Å². The molecule has 0 radical (unpaired) electrons. The highest BCUT2D eigenvalue weighted by Crippen LogP contribution is 2.20. The van der Waals surface area contributed by atoms with Crippen LogP contribution in [0, 0.1) is 5.92 Å². The van der Waals surface area contributed by atoms with Gasteiger partial charge >= 0.3 is 0 Å². The first-order chi connectivity index (χ1) is 9.74. The van der Waals surface area contributed by atoms with Crippen LogP contribution < -0.4 is 5.32 Å². The number of pyridine rings is 1. The third-order valence-corrected chi connectivity index (χ3v) is 4.26. The quantitative estimate of drug-likeness (QED) is 0.928. The first kappa shape index (κ1) is 13.5. The van der Waals surface area contributed by atoms with Gasteiger partial charge in [-0.15, -0.1) is 0 Å². The summed E-state index contributed by atoms with van der Waals surface area (Å²) in [5, 5.41) is 6.19. The van der Waals surface area contributed by atoms with Gasteiger partial charge in [-0.05, 0) is 22.9 Å². The van der Waals surface area contributed by atoms with Gasteiger partial charge in [-0.1, -0.05) is 32.0 Å². The molecule has 0 spiro atoms. The molecule has 3 heteroatoms. The van der Waals surface area contributed by atoms with Crippen LogP contribution in [-0.4, -0.2) is 35.6 Å². The van der Waals surface area contributed by atoms with Gasteiger partial charge in [-0.3, -0.25) is 9.88 Å². The molecule has 0 aliphatic carbocycles. The van der Waals surface area contributed by atoms with E-state index in [9.17, 15) is 0 Å². The molecule has 1 saturated heterocycles. The third kappa shape index (κ3) is 2.84. The Balaban J connectivity index is 1.79. The summed E-state index contributed by atoms with van der Waals surface area (Å²) in [6, 6.07) is 9.27. The van der Waals surface area contributed by atoms with Crippen molar-refractivity contribution < 1.29 is 0 Å². The number of rotatable bonds is 3. The summed E-state index contributed by atoms with van der Waals surface area (Å²) in [5.74, 6) is 0.689. The molecule has 1 aromatic heterocycles. The van der Waals surface area contributed by atoms with E-state index < -0.39 is 0 Å². The average molecular weight is 269 g/mol. The molecule has 106 valence electrons. The molecule has 1 aliphatic rings. The van der Waals surface area contributed by atoms with Gasteiger partial charge in [0.25, 0.3) is 0 Å². The van der Waals surface area contributed by atoms with Crippen molar-refractivity contribution in [2.75, 3.05) is 19.6 Å². The van der Waals surface area contributed by atoms with E-state index in [-0.39, 0.29) is 0 Å². The van der Waals surface area contributed by atoms with E-state index in [1.165, 1.54) is 16.3 Å². The Morgan fingerprint density at radius 2 is 2.25 bits per heavy atom. The molecule has 3 nitrogen and oxygen atoms in total. The van der Waals surface area contributed by atoms with Crippen molar-refractivity contribution in [1.29, 1.82) is 0 Å². The van der Waals surface area contributed by atoms with E-state index >= 15 is 0 Å². The van der Waals surface area contributed by atoms with Crippen LogP contribution in [0.4, 0.5) is 0 Å². The van der Waals surface area contributed by atoms with Gasteiger partial charge in [0.2, 0.25) is 0 Å². The second-order valence-corrected chi connectivity index (χ2v) is 6.05. The van der Waals surface area contributed by atoms with Crippen molar-refractivity contribution in [3.63, 3.8) is 0 Å². The molecule has 1 fully saturated rings. The van der Waals surface area contributed by atoms with E-state index in [0.29, 0.717) is 12.0 Å². The van der Waals surface area contributed by atoms with Gasteiger partial charge in [-0.25, -0.2) is 0 Å². The molecule has 3 rings (SSSR count). The maximum absolute atomic E-state index is 4.21. The Morgan fingerprint density at radius 1 is 1.35 bits per heavy atom. The smallest absolute Gasteiger partial charge is 0.0346 e. The zero-order chi connectivity index (χ0) is 13.9. The largest absolute Gasteiger partial charge is 0.311 e. The van der Waals surface area contributed by atoms with E-state index in [0.717, 1.165) is 26.2 Å². The zero-order valence-electron chi connectivity index (χ0n) is 12.3. The van der Waals surface area contributed by atoms with Crippen LogP contribution in [-0.2, 0) is 6.54 Å². The van der Waals surface area contributed by atoms with Crippen molar-refractivity contribution in [3.05, 3.63) is 42.2 Å². The normalized spacial score (nSPS) is 20.6. The Bertz CT molecular complexity index is 574. The number of fused-ring (bicyclic) bond motifs is 1. The molecule has 2 aromatic rings. The summed E-state index contributed by atoms with van der Waals surface area (Å²) in [6.45, 7) is 8.99. The van der Waals surface area contributed by atoms with Crippen LogP contribution in [0.1, 0.15) is 19.4 Å². The van der Waals surface area contributed by atoms with Crippen LogP contribution in [0.2, 0.25) is 0 Å². The van der Waals surface area contributed by atoms with E-state index in [1.807, 2.05) is 12.4 Å². The van der Waals surface area contributed by atoms with Gasteiger partial charge < -0.3 is 5.32 Å². The molecule has 1 aliphatic heterocycles. The van der Waals surface area contributed by atoms with Crippen LogP contribution in [0.15, 0.2) is 36.7 Å². The van der Waals surface area contributed by atoms with Gasteiger partial charge in [0, 0.05) is 50.0 Å². The van der Waals surface area contributed by atoms with Crippen molar-refractivity contribution in [3.8, 4) is 0 Å². The fourth-order valence-electron chi connectivity index (χ4n) is 3.00. The molecule has 0 saturated carbocycles. The summed E-state index contributed by atoms with van der Waals surface area (Å²) in [7, 11) is 0. The minimum Gasteiger partial charge on any atom is -0.311 e. The molecule has 1 unspecified atom stereocenters. The first-order valence-corrected chi connectivity index (χ1v) is 7.51. The predicted octanol–water partition coefficient (Wildman–Crippen LogP) is 2.66. The number of hydrogen-bond acceptors (Lipinski definition) is 3. The molecule has 1 atom stereocenters. The molecule has 1 N–H and O–H groups in total. The molecular weight excluding hydrogens is 246 g/mol. The first-order valence-electron chi connectivity index (χ1n) is 7.51. The Morgan fingerprint density at radius 3 is 3.10 bits per heavy atom. The maximum Gasteiger partial charge on any atom is 0.0346 e. The number of nitrogens with zero attached hydrogens (tertiary/aromatic N) is 2. The average Bonchev–Trinajstić information content (AvgIpc) is 2.48. The molecule has 2 heterocycles. The number of hydrogen-bond donors (Lipinski definition) is 1. The number of aromatic nitrogens is 1. The molecule has 0 bridgehead atoms. The van der Waals surface area contributed by atoms with Gasteiger partial charge in [0.05, 0.1) is 0 Å². The lowest BCUT2D eigenvalue weighted by molar-refractivity contribution is 0.169. The number of piperazine rings is 1. The topological polar surface area (TPSA) is 28.2 Å². The van der Waals surface area contributed by atoms with Gasteiger partial charge in [0.15, 0.2) is 0 Å². The second kappa shape index (κ2) is 5.90. The third-order valence-electron chi connectivity index (χ3n) is 4.26. The highest BCUT2D eigenvalue weighted by atomic mass is 15.2. The lowest BCUT2D eigenvalue weighted by atomic mass is 10.0. The van der Waals surface area contributed by atoms with E-state index in [1.54, 1.807) is 0 Å². The molecular formula is C17H23N3. The van der Waals surface area contributed by atoms with Crippen LogP contribution in [0.3, 0.4) is 0 Å². The standard InChI is InChI=1S/C17H23N3/c1-13(2)17-12-20(9-8-19-17)11-15-5-3-4-14-10-18-7-6-16(14)15/h3-7,10,13,17,19H,8-9,11-12H2,1-2H3. The SMILES string of the molecule is CC(C)C1CN(Cc2cccc3cnccc23)CCN1. The fourth-order valence-corrected chi connectivity index (χ4v) is 3.00. The van der Waals surface area contributed by atoms with Crippen molar-refractivity contribution in [2.24, 2.45) is 5.92 Å². The van der Waals surface area contributed by atoms with Crippen molar-refractivity contribution >= 4 is 10.8 Å². The lowest BCUT2D eigenvalue weighted by Crippen LogP contribution is -2.52. The Labute approximate surface area is 121 Å². The van der Waals surface area contributed by atoms with Crippen LogP contribution in [0.5, 0.6) is 0 Å². The fraction of sp³-hybridized carbons (Fsp3) is 0.471. The Hall–Kier alpha value is -1.45. The van der Waals surface area contributed by atoms with Crippen LogP contribution >= 0.6 is 0 Å². The minimum absolute atomic E-state index is 0.611. The lowest BCUT2D eigenvalue weighted by Gasteiger charge is -2.36.